The van der Waals surface area contributed by atoms with Crippen molar-refractivity contribution in [1.82, 2.24) is 15.1 Å². The molecule has 0 saturated heterocycles. The van der Waals surface area contributed by atoms with Gasteiger partial charge in [-0.1, -0.05) is 19.1 Å². The molecule has 0 aliphatic rings. The molecule has 0 radical (unpaired) electrons. The summed E-state index contributed by atoms with van der Waals surface area (Å²) < 4.78 is 5.45. The van der Waals surface area contributed by atoms with Crippen LogP contribution in [-0.4, -0.2) is 38.8 Å². The van der Waals surface area contributed by atoms with E-state index in [1.54, 1.807) is 31.9 Å². The van der Waals surface area contributed by atoms with Crippen molar-refractivity contribution in [1.29, 1.82) is 0 Å². The van der Waals surface area contributed by atoms with Crippen molar-refractivity contribution in [3.05, 3.63) is 47.2 Å². The lowest BCUT2D eigenvalue weighted by molar-refractivity contribution is 0.0714. The molecule has 0 spiro atoms. The number of benzene rings is 1. The molecule has 130 valence electrons. The molecule has 1 aromatic carbocycles. The minimum atomic E-state index is -0.717. The van der Waals surface area contributed by atoms with Crippen LogP contribution in [0.5, 0.6) is 0 Å². The van der Waals surface area contributed by atoms with E-state index in [1.807, 2.05) is 25.1 Å². The van der Waals surface area contributed by atoms with E-state index in [-0.39, 0.29) is 12.5 Å². The number of hydrogen-bond acceptors (Lipinski definition) is 5. The molecule has 0 unspecified atom stereocenters. The van der Waals surface area contributed by atoms with Crippen molar-refractivity contribution < 1.29 is 14.3 Å². The van der Waals surface area contributed by atoms with E-state index in [0.29, 0.717) is 30.2 Å². The van der Waals surface area contributed by atoms with Crippen molar-refractivity contribution in [2.24, 2.45) is 0 Å². The largest absolute Gasteiger partial charge is 0.423 e. The molecule has 1 amide bonds. The van der Waals surface area contributed by atoms with Crippen LogP contribution >= 0.6 is 0 Å². The number of aryl methyl sites for hydroxylation is 2. The van der Waals surface area contributed by atoms with Gasteiger partial charge in [0.15, 0.2) is 0 Å². The summed E-state index contributed by atoms with van der Waals surface area (Å²) in [7, 11) is 1.71. The van der Waals surface area contributed by atoms with Crippen molar-refractivity contribution in [3.8, 4) is 0 Å². The molecule has 0 atom stereocenters. The van der Waals surface area contributed by atoms with E-state index < -0.39 is 5.60 Å². The lowest BCUT2D eigenvalue weighted by Crippen LogP contribution is -2.26. The normalized spacial score (nSPS) is 11.5. The van der Waals surface area contributed by atoms with Crippen LogP contribution in [0.15, 0.2) is 28.7 Å². The Kier molecular flexibility index (Phi) is 5.72. The van der Waals surface area contributed by atoms with Crippen LogP contribution in [0.1, 0.15) is 54.9 Å². The van der Waals surface area contributed by atoms with Gasteiger partial charge in [0.05, 0.1) is 12.1 Å². The summed E-state index contributed by atoms with van der Waals surface area (Å²) >= 11 is 0. The summed E-state index contributed by atoms with van der Waals surface area (Å²) in [6.07, 6.45) is 2.04. The molecule has 6 heteroatoms. The highest BCUT2D eigenvalue weighted by Gasteiger charge is 2.17. The first-order valence-corrected chi connectivity index (χ1v) is 8.16. The molecule has 1 heterocycles. The van der Waals surface area contributed by atoms with Gasteiger partial charge in [-0.2, -0.15) is 0 Å². The molecule has 6 nitrogen and oxygen atoms in total. The average molecular weight is 331 g/mol. The number of nitrogens with zero attached hydrogens (tertiary/aromatic N) is 3. The van der Waals surface area contributed by atoms with E-state index in [0.717, 1.165) is 12.0 Å². The lowest BCUT2D eigenvalue weighted by atomic mass is 9.98. The SMILES string of the molecule is CCc1nnc(CN(C)C(=O)c2cccc(CCC(C)(C)O)c2)o1. The van der Waals surface area contributed by atoms with Gasteiger partial charge in [0.1, 0.15) is 0 Å². The minimum absolute atomic E-state index is 0.101. The maximum Gasteiger partial charge on any atom is 0.254 e. The van der Waals surface area contributed by atoms with E-state index in [9.17, 15) is 9.90 Å². The Morgan fingerprint density at radius 2 is 2.00 bits per heavy atom. The second-order valence-electron chi connectivity index (χ2n) is 6.62. The predicted octanol–water partition coefficient (Wildman–Crippen LogP) is 2.61. The van der Waals surface area contributed by atoms with Gasteiger partial charge in [-0.05, 0) is 44.4 Å². The average Bonchev–Trinajstić information content (AvgIpc) is 2.99. The van der Waals surface area contributed by atoms with Gasteiger partial charge in [0.25, 0.3) is 5.91 Å². The van der Waals surface area contributed by atoms with E-state index in [1.165, 1.54) is 0 Å². The first-order valence-electron chi connectivity index (χ1n) is 8.16. The van der Waals surface area contributed by atoms with Crippen molar-refractivity contribution >= 4 is 5.91 Å². The smallest absolute Gasteiger partial charge is 0.254 e. The third-order valence-electron chi connectivity index (χ3n) is 3.73. The van der Waals surface area contributed by atoms with E-state index in [4.69, 9.17) is 4.42 Å². The highest BCUT2D eigenvalue weighted by Crippen LogP contribution is 2.15. The van der Waals surface area contributed by atoms with Crippen molar-refractivity contribution in [3.63, 3.8) is 0 Å². The molecule has 0 aliphatic carbocycles. The molecule has 2 aromatic rings. The van der Waals surface area contributed by atoms with Gasteiger partial charge in [0.2, 0.25) is 11.8 Å². The highest BCUT2D eigenvalue weighted by atomic mass is 16.4. The fourth-order valence-electron chi connectivity index (χ4n) is 2.30. The number of hydrogen-bond donors (Lipinski definition) is 1. The van der Waals surface area contributed by atoms with Crippen LogP contribution in [0.3, 0.4) is 0 Å². The van der Waals surface area contributed by atoms with Crippen LogP contribution in [-0.2, 0) is 19.4 Å². The molecule has 0 saturated carbocycles. The zero-order chi connectivity index (χ0) is 17.7. The predicted molar refractivity (Wildman–Crippen MR) is 90.5 cm³/mol. The maximum absolute atomic E-state index is 12.6. The number of carbonyl (C=O) groups is 1. The molecule has 24 heavy (non-hydrogen) atoms. The summed E-state index contributed by atoms with van der Waals surface area (Å²) in [5, 5.41) is 17.7. The van der Waals surface area contributed by atoms with Crippen LogP contribution in [0.2, 0.25) is 0 Å². The standard InChI is InChI=1S/C18H25N3O3/c1-5-15-19-20-16(24-15)12-21(4)17(22)14-8-6-7-13(11-14)9-10-18(2,3)23/h6-8,11,23H,5,9-10,12H2,1-4H3. The third kappa shape index (κ3) is 5.16. The molecule has 0 aliphatic heterocycles. The first-order chi connectivity index (χ1) is 11.3. The minimum Gasteiger partial charge on any atom is -0.423 e. The van der Waals surface area contributed by atoms with E-state index in [2.05, 4.69) is 10.2 Å². The van der Waals surface area contributed by atoms with Gasteiger partial charge in [-0.25, -0.2) is 0 Å². The second-order valence-corrected chi connectivity index (χ2v) is 6.62. The molecule has 0 bridgehead atoms. The zero-order valence-corrected chi connectivity index (χ0v) is 14.7. The third-order valence-corrected chi connectivity index (χ3v) is 3.73. The highest BCUT2D eigenvalue weighted by molar-refractivity contribution is 5.94. The quantitative estimate of drug-likeness (QED) is 0.843. The van der Waals surface area contributed by atoms with Crippen molar-refractivity contribution in [2.75, 3.05) is 7.05 Å². The fourth-order valence-corrected chi connectivity index (χ4v) is 2.30. The number of amides is 1. The Labute approximate surface area is 142 Å². The Morgan fingerprint density at radius 3 is 2.62 bits per heavy atom. The van der Waals surface area contributed by atoms with Crippen LogP contribution in [0, 0.1) is 0 Å². The first kappa shape index (κ1) is 18.1. The topological polar surface area (TPSA) is 79.5 Å². The Bertz CT molecular complexity index is 689. The Balaban J connectivity index is 2.02. The summed E-state index contributed by atoms with van der Waals surface area (Å²) in [6, 6.07) is 7.49. The van der Waals surface area contributed by atoms with Gasteiger partial charge >= 0.3 is 0 Å². The number of aromatic nitrogens is 2. The summed E-state index contributed by atoms with van der Waals surface area (Å²) in [5.41, 5.74) is 0.926. The van der Waals surface area contributed by atoms with Gasteiger partial charge in [-0.15, -0.1) is 10.2 Å². The number of rotatable bonds is 7. The molecule has 1 N–H and O–H groups in total. The fraction of sp³-hybridized carbons (Fsp3) is 0.500. The monoisotopic (exact) mass is 331 g/mol. The van der Waals surface area contributed by atoms with Gasteiger partial charge in [-0.3, -0.25) is 4.79 Å². The van der Waals surface area contributed by atoms with Gasteiger partial charge < -0.3 is 14.4 Å². The summed E-state index contributed by atoms with van der Waals surface area (Å²) in [5.74, 6) is 0.900. The van der Waals surface area contributed by atoms with Crippen molar-refractivity contribution in [2.45, 2.75) is 52.2 Å². The lowest BCUT2D eigenvalue weighted by Gasteiger charge is -2.18. The molecular weight excluding hydrogens is 306 g/mol. The number of carbonyl (C=O) groups excluding carboxylic acids is 1. The second kappa shape index (κ2) is 7.57. The van der Waals surface area contributed by atoms with Crippen LogP contribution in [0.25, 0.3) is 0 Å². The summed E-state index contributed by atoms with van der Waals surface area (Å²) in [6.45, 7) is 5.78. The number of aliphatic hydroxyl groups is 1. The molecular formula is C18H25N3O3. The maximum atomic E-state index is 12.6. The molecule has 0 fully saturated rings. The van der Waals surface area contributed by atoms with Gasteiger partial charge in [0, 0.05) is 19.0 Å². The molecule has 1 aromatic heterocycles. The molecule has 2 rings (SSSR count). The van der Waals surface area contributed by atoms with Crippen LogP contribution in [0.4, 0.5) is 0 Å². The summed E-state index contributed by atoms with van der Waals surface area (Å²) in [4.78, 5) is 14.1. The Morgan fingerprint density at radius 1 is 1.29 bits per heavy atom. The zero-order valence-electron chi connectivity index (χ0n) is 14.7. The van der Waals surface area contributed by atoms with E-state index >= 15 is 0 Å². The van der Waals surface area contributed by atoms with Crippen LogP contribution < -0.4 is 0 Å². The Hall–Kier alpha value is -2.21.